The van der Waals surface area contributed by atoms with E-state index in [1.54, 1.807) is 0 Å². The van der Waals surface area contributed by atoms with Crippen LogP contribution in [0.1, 0.15) is 31.2 Å². The van der Waals surface area contributed by atoms with E-state index in [9.17, 15) is 4.79 Å². The van der Waals surface area contributed by atoms with Crippen molar-refractivity contribution in [2.45, 2.75) is 32.1 Å². The molecule has 100 valence electrons. The molecule has 19 heavy (non-hydrogen) atoms. The molecule has 1 aliphatic carbocycles. The van der Waals surface area contributed by atoms with Gasteiger partial charge >= 0.3 is 5.97 Å². The summed E-state index contributed by atoms with van der Waals surface area (Å²) >= 11 is 0. The molecule has 3 heteroatoms. The zero-order valence-electron chi connectivity index (χ0n) is 11.0. The highest BCUT2D eigenvalue weighted by Crippen LogP contribution is 2.44. The number of nitrogens with one attached hydrogen (secondary N) is 1. The third kappa shape index (κ3) is 2.37. The normalized spacial score (nSPS) is 26.0. The molecule has 1 aliphatic heterocycles. The fraction of sp³-hybridized carbons (Fsp3) is 0.438. The van der Waals surface area contributed by atoms with Crippen molar-refractivity contribution >= 4 is 11.7 Å². The van der Waals surface area contributed by atoms with Crippen LogP contribution >= 0.6 is 0 Å². The van der Waals surface area contributed by atoms with E-state index in [-0.39, 0.29) is 5.41 Å². The number of fused-ring (bicyclic) bond motifs is 1. The van der Waals surface area contributed by atoms with Crippen molar-refractivity contribution in [2.75, 3.05) is 11.9 Å². The van der Waals surface area contributed by atoms with Crippen molar-refractivity contribution in [3.05, 3.63) is 41.5 Å². The van der Waals surface area contributed by atoms with Gasteiger partial charge in [-0.2, -0.15) is 0 Å². The second-order valence-corrected chi connectivity index (χ2v) is 5.67. The van der Waals surface area contributed by atoms with Crippen molar-refractivity contribution in [3.63, 3.8) is 0 Å². The number of allylic oxidation sites excluding steroid dienone is 1. The van der Waals surface area contributed by atoms with Gasteiger partial charge in [-0.1, -0.05) is 24.3 Å². The first-order valence-electron chi connectivity index (χ1n) is 6.95. The average Bonchev–Trinajstić information content (AvgIpc) is 2.81. The quantitative estimate of drug-likeness (QED) is 0.812. The third-order valence-corrected chi connectivity index (χ3v) is 4.50. The minimum atomic E-state index is -0.743. The summed E-state index contributed by atoms with van der Waals surface area (Å²) in [6, 6.07) is 8.42. The van der Waals surface area contributed by atoms with Gasteiger partial charge in [-0.25, -0.2) is 4.79 Å². The summed E-state index contributed by atoms with van der Waals surface area (Å²) in [6.45, 7) is 0.917. The van der Waals surface area contributed by atoms with Crippen LogP contribution < -0.4 is 5.32 Å². The molecular weight excluding hydrogens is 238 g/mol. The number of benzene rings is 1. The predicted molar refractivity (Wildman–Crippen MR) is 75.3 cm³/mol. The van der Waals surface area contributed by atoms with Gasteiger partial charge in [0.1, 0.15) is 0 Å². The lowest BCUT2D eigenvalue weighted by Gasteiger charge is -2.30. The highest BCUT2D eigenvalue weighted by Gasteiger charge is 2.35. The van der Waals surface area contributed by atoms with Crippen LogP contribution in [0.25, 0.3) is 0 Å². The summed E-state index contributed by atoms with van der Waals surface area (Å²) in [5.74, 6) is -0.743. The first-order chi connectivity index (χ1) is 9.19. The van der Waals surface area contributed by atoms with Gasteiger partial charge in [-0.15, -0.1) is 0 Å². The van der Waals surface area contributed by atoms with Crippen LogP contribution in [0.5, 0.6) is 0 Å². The molecule has 1 aromatic rings. The molecule has 3 rings (SSSR count). The first kappa shape index (κ1) is 12.3. The maximum absolute atomic E-state index is 11.1. The monoisotopic (exact) mass is 257 g/mol. The highest BCUT2D eigenvalue weighted by molar-refractivity contribution is 5.87. The fourth-order valence-corrected chi connectivity index (χ4v) is 3.33. The molecule has 0 radical (unpaired) electrons. The molecule has 0 bridgehead atoms. The zero-order chi connectivity index (χ0) is 13.3. The van der Waals surface area contributed by atoms with E-state index in [2.05, 4.69) is 29.6 Å². The van der Waals surface area contributed by atoms with Gasteiger partial charge in [0.2, 0.25) is 0 Å². The summed E-state index contributed by atoms with van der Waals surface area (Å²) < 4.78 is 0. The molecule has 0 amide bonds. The SMILES string of the molecule is O=C(O)C1=CC2(CCNc3ccccc3CC2)CC1. The Labute approximate surface area is 113 Å². The number of hydrogen-bond donors (Lipinski definition) is 2. The fourth-order valence-electron chi connectivity index (χ4n) is 3.33. The third-order valence-electron chi connectivity index (χ3n) is 4.50. The van der Waals surface area contributed by atoms with Crippen LogP contribution in [-0.4, -0.2) is 17.6 Å². The number of anilines is 1. The van der Waals surface area contributed by atoms with E-state index in [1.165, 1.54) is 11.3 Å². The Morgan fingerprint density at radius 3 is 2.74 bits per heavy atom. The van der Waals surface area contributed by atoms with E-state index < -0.39 is 5.97 Å². The van der Waals surface area contributed by atoms with Gasteiger partial charge in [0.25, 0.3) is 0 Å². The van der Waals surface area contributed by atoms with Crippen molar-refractivity contribution in [2.24, 2.45) is 5.41 Å². The van der Waals surface area contributed by atoms with Crippen molar-refractivity contribution in [3.8, 4) is 0 Å². The molecule has 1 unspecified atom stereocenters. The van der Waals surface area contributed by atoms with E-state index in [1.807, 2.05) is 6.08 Å². The van der Waals surface area contributed by atoms with Gasteiger partial charge in [-0.05, 0) is 49.1 Å². The number of aryl methyl sites for hydroxylation is 1. The number of rotatable bonds is 1. The summed E-state index contributed by atoms with van der Waals surface area (Å²) in [5, 5.41) is 12.6. The number of hydrogen-bond acceptors (Lipinski definition) is 2. The summed E-state index contributed by atoms with van der Waals surface area (Å²) in [4.78, 5) is 11.1. The molecule has 0 aromatic heterocycles. The Hall–Kier alpha value is -1.77. The minimum Gasteiger partial charge on any atom is -0.478 e. The van der Waals surface area contributed by atoms with Crippen LogP contribution in [0, 0.1) is 5.41 Å². The summed E-state index contributed by atoms with van der Waals surface area (Å²) in [6.07, 6.45) is 6.84. The Morgan fingerprint density at radius 1 is 1.16 bits per heavy atom. The molecule has 0 saturated carbocycles. The number of carbonyl (C=O) groups is 1. The van der Waals surface area contributed by atoms with E-state index in [4.69, 9.17) is 5.11 Å². The van der Waals surface area contributed by atoms with Crippen LogP contribution in [-0.2, 0) is 11.2 Å². The summed E-state index contributed by atoms with van der Waals surface area (Å²) in [7, 11) is 0. The van der Waals surface area contributed by atoms with Crippen molar-refractivity contribution in [1.82, 2.24) is 0 Å². The lowest BCUT2D eigenvalue weighted by atomic mass is 9.77. The Balaban J connectivity index is 1.83. The topological polar surface area (TPSA) is 49.3 Å². The van der Waals surface area contributed by atoms with Crippen LogP contribution in [0.15, 0.2) is 35.9 Å². The Kier molecular flexibility index (Phi) is 3.05. The largest absolute Gasteiger partial charge is 0.478 e. The van der Waals surface area contributed by atoms with Gasteiger partial charge in [0.15, 0.2) is 0 Å². The molecule has 1 atom stereocenters. The van der Waals surface area contributed by atoms with Crippen LogP contribution in [0.3, 0.4) is 0 Å². The lowest BCUT2D eigenvalue weighted by molar-refractivity contribution is -0.132. The molecule has 3 nitrogen and oxygen atoms in total. The second-order valence-electron chi connectivity index (χ2n) is 5.67. The van der Waals surface area contributed by atoms with Crippen LogP contribution in [0.2, 0.25) is 0 Å². The van der Waals surface area contributed by atoms with Gasteiger partial charge < -0.3 is 10.4 Å². The standard InChI is InChI=1S/C16H19NO2/c18-15(19)13-6-8-16(11-13)7-5-12-3-1-2-4-14(12)17-10-9-16/h1-4,11,17H,5-10H2,(H,18,19). The lowest BCUT2D eigenvalue weighted by Crippen LogP contribution is -2.23. The van der Waals surface area contributed by atoms with Gasteiger partial charge in [0.05, 0.1) is 0 Å². The molecule has 2 N–H and O–H groups in total. The molecule has 1 heterocycles. The molecule has 1 spiro atoms. The molecule has 0 saturated heterocycles. The second kappa shape index (κ2) is 4.72. The number of aliphatic carboxylic acids is 1. The maximum atomic E-state index is 11.1. The minimum absolute atomic E-state index is 0.0915. The van der Waals surface area contributed by atoms with E-state index in [0.29, 0.717) is 5.57 Å². The predicted octanol–water partition coefficient (Wildman–Crippen LogP) is 3.23. The molecule has 2 aliphatic rings. The smallest absolute Gasteiger partial charge is 0.331 e. The van der Waals surface area contributed by atoms with Crippen molar-refractivity contribution < 1.29 is 9.90 Å². The molecule has 1 aromatic carbocycles. The van der Waals surface area contributed by atoms with E-state index >= 15 is 0 Å². The van der Waals surface area contributed by atoms with Crippen molar-refractivity contribution in [1.29, 1.82) is 0 Å². The van der Waals surface area contributed by atoms with Gasteiger partial charge in [-0.3, -0.25) is 0 Å². The average molecular weight is 257 g/mol. The molecule has 0 fully saturated rings. The van der Waals surface area contributed by atoms with E-state index in [0.717, 1.165) is 38.6 Å². The van der Waals surface area contributed by atoms with Crippen LogP contribution in [0.4, 0.5) is 5.69 Å². The summed E-state index contributed by atoms with van der Waals surface area (Å²) in [5.41, 5.74) is 3.28. The maximum Gasteiger partial charge on any atom is 0.331 e. The number of carboxylic acid groups (broad SMARTS) is 1. The zero-order valence-corrected chi connectivity index (χ0v) is 11.0. The van der Waals surface area contributed by atoms with Gasteiger partial charge in [0, 0.05) is 17.8 Å². The highest BCUT2D eigenvalue weighted by atomic mass is 16.4. The Morgan fingerprint density at radius 2 is 1.95 bits per heavy atom. The first-order valence-corrected chi connectivity index (χ1v) is 6.95. The Bertz CT molecular complexity index is 535. The number of para-hydroxylation sites is 1. The number of carboxylic acids is 1. The molecular formula is C16H19NO2.